The highest BCUT2D eigenvalue weighted by Gasteiger charge is 2.34. The Morgan fingerprint density at radius 2 is 2.00 bits per heavy atom. The quantitative estimate of drug-likeness (QED) is 0.848. The molecule has 4 atom stereocenters. The van der Waals surface area contributed by atoms with Gasteiger partial charge in [-0.2, -0.15) is 0 Å². The minimum absolute atomic E-state index is 0.0352. The smallest absolute Gasteiger partial charge is 0.315 e. The fourth-order valence-electron chi connectivity index (χ4n) is 4.65. The monoisotopic (exact) mass is 372 g/mol. The van der Waals surface area contributed by atoms with E-state index in [1.54, 1.807) is 12.4 Å². The molecule has 146 valence electrons. The molecule has 1 aromatic rings. The van der Waals surface area contributed by atoms with Crippen LogP contribution in [0.15, 0.2) is 24.5 Å². The summed E-state index contributed by atoms with van der Waals surface area (Å²) in [6, 6.07) is 4.09. The van der Waals surface area contributed by atoms with Gasteiger partial charge in [0.1, 0.15) is 6.10 Å². The Kier molecular flexibility index (Phi) is 5.57. The number of nitrogens with zero attached hydrogens (tertiary/aromatic N) is 2. The average Bonchev–Trinajstić information content (AvgIpc) is 3.31. The molecular weight excluding hydrogens is 344 g/mol. The van der Waals surface area contributed by atoms with Crippen LogP contribution in [0.1, 0.15) is 56.6 Å². The molecule has 1 aliphatic carbocycles. The number of nitrogens with one attached hydrogen (secondary N) is 2. The number of carbonyl (C=O) groups is 2. The fraction of sp³-hybridized carbons (Fsp3) is 0.650. The van der Waals surface area contributed by atoms with Crippen LogP contribution in [-0.4, -0.2) is 53.1 Å². The molecule has 2 saturated heterocycles. The lowest BCUT2D eigenvalue weighted by Gasteiger charge is -2.35. The van der Waals surface area contributed by atoms with E-state index in [4.69, 9.17) is 4.74 Å². The molecule has 3 aliphatic rings. The molecule has 4 rings (SSSR count). The van der Waals surface area contributed by atoms with Crippen LogP contribution < -0.4 is 10.6 Å². The SMILES string of the molecule is O=C(NC1CCCC(N2CCCC2=O)C1)N[C@@H]1CCO[C@H]1c1ccncc1. The van der Waals surface area contributed by atoms with Gasteiger partial charge >= 0.3 is 6.03 Å². The van der Waals surface area contributed by atoms with Crippen molar-refractivity contribution in [1.29, 1.82) is 0 Å². The van der Waals surface area contributed by atoms with E-state index >= 15 is 0 Å². The zero-order valence-corrected chi connectivity index (χ0v) is 15.6. The van der Waals surface area contributed by atoms with Crippen molar-refractivity contribution in [3.05, 3.63) is 30.1 Å². The first-order chi connectivity index (χ1) is 13.2. The Morgan fingerprint density at radius 3 is 2.78 bits per heavy atom. The summed E-state index contributed by atoms with van der Waals surface area (Å²) in [4.78, 5) is 30.6. The molecule has 2 aliphatic heterocycles. The maximum absolute atomic E-state index is 12.6. The van der Waals surface area contributed by atoms with E-state index in [1.165, 1.54) is 0 Å². The molecule has 0 aromatic carbocycles. The van der Waals surface area contributed by atoms with Crippen LogP contribution in [0.25, 0.3) is 0 Å². The van der Waals surface area contributed by atoms with Crippen LogP contribution in [0.2, 0.25) is 0 Å². The molecule has 3 amide bonds. The van der Waals surface area contributed by atoms with Gasteiger partial charge in [0.25, 0.3) is 0 Å². The summed E-state index contributed by atoms with van der Waals surface area (Å²) in [6.07, 6.45) is 9.73. The Bertz CT molecular complexity index is 668. The van der Waals surface area contributed by atoms with Gasteiger partial charge in [-0.25, -0.2) is 4.79 Å². The van der Waals surface area contributed by atoms with Crippen molar-refractivity contribution in [3.8, 4) is 0 Å². The lowest BCUT2D eigenvalue weighted by atomic mass is 9.90. The first-order valence-corrected chi connectivity index (χ1v) is 10.1. The number of rotatable bonds is 4. The molecular formula is C20H28N4O3. The average molecular weight is 372 g/mol. The minimum atomic E-state index is -0.136. The van der Waals surface area contributed by atoms with Gasteiger partial charge in [-0.05, 0) is 56.2 Å². The van der Waals surface area contributed by atoms with E-state index in [2.05, 4.69) is 15.6 Å². The number of pyridine rings is 1. The number of likely N-dealkylation sites (tertiary alicyclic amines) is 1. The number of urea groups is 1. The summed E-state index contributed by atoms with van der Waals surface area (Å²) < 4.78 is 5.82. The molecule has 7 nitrogen and oxygen atoms in total. The van der Waals surface area contributed by atoms with Crippen molar-refractivity contribution in [2.24, 2.45) is 0 Å². The first-order valence-electron chi connectivity index (χ1n) is 10.1. The van der Waals surface area contributed by atoms with Crippen molar-refractivity contribution in [2.75, 3.05) is 13.2 Å². The summed E-state index contributed by atoms with van der Waals surface area (Å²) in [7, 11) is 0. The predicted octanol–water partition coefficient (Wildman–Crippen LogP) is 2.14. The Morgan fingerprint density at radius 1 is 1.15 bits per heavy atom. The zero-order valence-electron chi connectivity index (χ0n) is 15.6. The summed E-state index contributed by atoms with van der Waals surface area (Å²) in [5.74, 6) is 0.272. The molecule has 2 unspecified atom stereocenters. The Labute approximate surface area is 159 Å². The van der Waals surface area contributed by atoms with Crippen molar-refractivity contribution in [1.82, 2.24) is 20.5 Å². The Balaban J connectivity index is 1.30. The van der Waals surface area contributed by atoms with Crippen LogP contribution in [0.3, 0.4) is 0 Å². The number of amides is 3. The van der Waals surface area contributed by atoms with Crippen LogP contribution in [0.4, 0.5) is 4.79 Å². The maximum atomic E-state index is 12.6. The molecule has 0 bridgehead atoms. The maximum Gasteiger partial charge on any atom is 0.315 e. The van der Waals surface area contributed by atoms with Crippen molar-refractivity contribution < 1.29 is 14.3 Å². The number of aromatic nitrogens is 1. The van der Waals surface area contributed by atoms with Crippen molar-refractivity contribution >= 4 is 11.9 Å². The summed E-state index contributed by atoms with van der Waals surface area (Å²) >= 11 is 0. The van der Waals surface area contributed by atoms with E-state index in [0.717, 1.165) is 50.6 Å². The van der Waals surface area contributed by atoms with Gasteiger partial charge in [-0.15, -0.1) is 0 Å². The second-order valence-electron chi connectivity index (χ2n) is 7.79. The molecule has 0 spiro atoms. The van der Waals surface area contributed by atoms with Crippen molar-refractivity contribution in [2.45, 2.75) is 69.2 Å². The second kappa shape index (κ2) is 8.25. The topological polar surface area (TPSA) is 83.6 Å². The van der Waals surface area contributed by atoms with E-state index < -0.39 is 0 Å². The highest BCUT2D eigenvalue weighted by Crippen LogP contribution is 2.29. The Hall–Kier alpha value is -2.15. The number of carbonyl (C=O) groups excluding carboxylic acids is 2. The van der Waals surface area contributed by atoms with Gasteiger partial charge in [-0.3, -0.25) is 9.78 Å². The molecule has 3 heterocycles. The van der Waals surface area contributed by atoms with E-state index in [1.807, 2.05) is 17.0 Å². The van der Waals surface area contributed by atoms with Gasteiger partial charge in [0.2, 0.25) is 5.91 Å². The largest absolute Gasteiger partial charge is 0.371 e. The third-order valence-corrected chi connectivity index (χ3v) is 5.98. The van der Waals surface area contributed by atoms with Gasteiger partial charge in [0, 0.05) is 44.0 Å². The van der Waals surface area contributed by atoms with Gasteiger partial charge in [0.15, 0.2) is 0 Å². The molecule has 2 N–H and O–H groups in total. The highest BCUT2D eigenvalue weighted by atomic mass is 16.5. The molecule has 1 aromatic heterocycles. The van der Waals surface area contributed by atoms with Crippen LogP contribution >= 0.6 is 0 Å². The predicted molar refractivity (Wildman–Crippen MR) is 100.0 cm³/mol. The number of ether oxygens (including phenoxy) is 1. The molecule has 3 fully saturated rings. The number of hydrogen-bond donors (Lipinski definition) is 2. The standard InChI is InChI=1S/C20H28N4O3/c25-18-5-2-11-24(18)16-4-1-3-15(13-16)22-20(26)23-17-8-12-27-19(17)14-6-9-21-10-7-14/h6-7,9-10,15-17,19H,1-5,8,11-13H2,(H2,22,23,26)/t15?,16?,17-,19+/m1/s1. The summed E-state index contributed by atoms with van der Waals surface area (Å²) in [5.41, 5.74) is 1.04. The molecule has 1 saturated carbocycles. The fourth-order valence-corrected chi connectivity index (χ4v) is 4.65. The summed E-state index contributed by atoms with van der Waals surface area (Å²) in [5, 5.41) is 6.22. The molecule has 27 heavy (non-hydrogen) atoms. The van der Waals surface area contributed by atoms with Gasteiger partial charge in [0.05, 0.1) is 6.04 Å². The van der Waals surface area contributed by atoms with E-state index in [-0.39, 0.29) is 36.2 Å². The third kappa shape index (κ3) is 4.24. The third-order valence-electron chi connectivity index (χ3n) is 5.98. The lowest BCUT2D eigenvalue weighted by Crippen LogP contribution is -2.51. The first kappa shape index (κ1) is 18.2. The van der Waals surface area contributed by atoms with Crippen LogP contribution in [0, 0.1) is 0 Å². The molecule has 7 heteroatoms. The number of hydrogen-bond acceptors (Lipinski definition) is 4. The normalized spacial score (nSPS) is 31.1. The van der Waals surface area contributed by atoms with E-state index in [9.17, 15) is 9.59 Å². The van der Waals surface area contributed by atoms with Crippen LogP contribution in [-0.2, 0) is 9.53 Å². The summed E-state index contributed by atoms with van der Waals surface area (Å²) in [6.45, 7) is 1.51. The minimum Gasteiger partial charge on any atom is -0.371 e. The zero-order chi connectivity index (χ0) is 18.6. The van der Waals surface area contributed by atoms with Gasteiger partial charge < -0.3 is 20.3 Å². The highest BCUT2D eigenvalue weighted by molar-refractivity contribution is 5.78. The second-order valence-corrected chi connectivity index (χ2v) is 7.79. The van der Waals surface area contributed by atoms with Crippen LogP contribution in [0.5, 0.6) is 0 Å². The van der Waals surface area contributed by atoms with Gasteiger partial charge in [-0.1, -0.05) is 0 Å². The lowest BCUT2D eigenvalue weighted by molar-refractivity contribution is -0.130. The van der Waals surface area contributed by atoms with E-state index in [0.29, 0.717) is 13.0 Å². The molecule has 0 radical (unpaired) electrons. The van der Waals surface area contributed by atoms with Crippen molar-refractivity contribution in [3.63, 3.8) is 0 Å².